The highest BCUT2D eigenvalue weighted by Crippen LogP contribution is 2.30. The number of carbonyl (C=O) groups excluding carboxylic acids is 2. The van der Waals surface area contributed by atoms with Gasteiger partial charge in [0.25, 0.3) is 5.91 Å². The minimum Gasteiger partial charge on any atom is -0.495 e. The van der Waals surface area contributed by atoms with Crippen molar-refractivity contribution >= 4 is 27.6 Å². The van der Waals surface area contributed by atoms with Crippen LogP contribution in [-0.4, -0.2) is 51.4 Å². The second kappa shape index (κ2) is 9.27. The van der Waals surface area contributed by atoms with E-state index in [1.54, 1.807) is 31.2 Å². The molecule has 1 saturated heterocycles. The molecule has 1 N–H and O–H groups in total. The molecule has 0 spiro atoms. The summed E-state index contributed by atoms with van der Waals surface area (Å²) in [5.41, 5.74) is 1.02. The van der Waals surface area contributed by atoms with E-state index in [1.807, 2.05) is 0 Å². The summed E-state index contributed by atoms with van der Waals surface area (Å²) in [6.45, 7) is 2.90. The van der Waals surface area contributed by atoms with Gasteiger partial charge in [-0.25, -0.2) is 13.2 Å². The first kappa shape index (κ1) is 21.8. The Balaban J connectivity index is 1.82. The minimum absolute atomic E-state index is 0.0304. The number of rotatable bonds is 7. The largest absolute Gasteiger partial charge is 0.495 e. The summed E-state index contributed by atoms with van der Waals surface area (Å²) in [6, 6.07) is 10.6. The average molecular weight is 432 g/mol. The molecule has 2 aromatic rings. The number of anilines is 1. The summed E-state index contributed by atoms with van der Waals surface area (Å²) in [7, 11) is -2.36. The minimum atomic E-state index is -3.75. The molecule has 3 rings (SSSR count). The van der Waals surface area contributed by atoms with E-state index < -0.39 is 21.9 Å². The molecule has 2 aromatic carbocycles. The fourth-order valence-corrected chi connectivity index (χ4v) is 4.89. The number of ether oxygens (including phenoxy) is 2. The van der Waals surface area contributed by atoms with Crippen molar-refractivity contribution in [3.05, 3.63) is 53.6 Å². The van der Waals surface area contributed by atoms with Gasteiger partial charge in [0.15, 0.2) is 0 Å². The third-order valence-corrected chi connectivity index (χ3v) is 6.68. The highest BCUT2D eigenvalue weighted by molar-refractivity contribution is 7.89. The Morgan fingerprint density at radius 1 is 1.03 bits per heavy atom. The van der Waals surface area contributed by atoms with Crippen molar-refractivity contribution in [3.63, 3.8) is 0 Å². The maximum Gasteiger partial charge on any atom is 0.338 e. The lowest BCUT2D eigenvalue weighted by molar-refractivity contribution is 0.0526. The number of hydrogen-bond acceptors (Lipinski definition) is 6. The van der Waals surface area contributed by atoms with Gasteiger partial charge in [-0.3, -0.25) is 4.79 Å². The van der Waals surface area contributed by atoms with Crippen LogP contribution in [0.15, 0.2) is 47.4 Å². The summed E-state index contributed by atoms with van der Waals surface area (Å²) < 4.78 is 37.5. The number of esters is 1. The van der Waals surface area contributed by atoms with Gasteiger partial charge in [-0.2, -0.15) is 4.31 Å². The third-order valence-electron chi connectivity index (χ3n) is 4.76. The van der Waals surface area contributed by atoms with E-state index >= 15 is 0 Å². The Morgan fingerprint density at radius 3 is 2.27 bits per heavy atom. The van der Waals surface area contributed by atoms with E-state index in [2.05, 4.69) is 5.32 Å². The van der Waals surface area contributed by atoms with Crippen LogP contribution in [-0.2, 0) is 14.8 Å². The lowest BCUT2D eigenvalue weighted by Gasteiger charge is -2.18. The predicted molar refractivity (Wildman–Crippen MR) is 111 cm³/mol. The fourth-order valence-electron chi connectivity index (χ4n) is 3.19. The van der Waals surface area contributed by atoms with Crippen LogP contribution in [0.3, 0.4) is 0 Å². The zero-order valence-electron chi connectivity index (χ0n) is 16.9. The molecule has 9 heteroatoms. The van der Waals surface area contributed by atoms with Gasteiger partial charge in [0, 0.05) is 24.3 Å². The summed E-state index contributed by atoms with van der Waals surface area (Å²) in [5, 5.41) is 2.70. The first-order chi connectivity index (χ1) is 14.4. The van der Waals surface area contributed by atoms with E-state index in [4.69, 9.17) is 9.47 Å². The average Bonchev–Trinajstić information content (AvgIpc) is 3.30. The quantitative estimate of drug-likeness (QED) is 0.675. The molecule has 0 atom stereocenters. The van der Waals surface area contributed by atoms with Crippen molar-refractivity contribution in [2.45, 2.75) is 24.7 Å². The molecule has 8 nitrogen and oxygen atoms in total. The maximum absolute atomic E-state index is 13.0. The molecule has 1 fully saturated rings. The molecule has 1 amide bonds. The SMILES string of the molecule is CCOC(=O)c1ccc(NC(=O)c2ccc(OC)c(S(=O)(=O)N3CCCC3)c2)cc1. The summed E-state index contributed by atoms with van der Waals surface area (Å²) in [4.78, 5) is 24.4. The Bertz CT molecular complexity index is 1030. The Morgan fingerprint density at radius 2 is 1.67 bits per heavy atom. The predicted octanol–water partition coefficient (Wildman–Crippen LogP) is 2.91. The number of nitrogens with zero attached hydrogens (tertiary/aromatic N) is 1. The number of benzene rings is 2. The molecular formula is C21H24N2O6S. The number of methoxy groups -OCH3 is 1. The molecular weight excluding hydrogens is 408 g/mol. The summed E-state index contributed by atoms with van der Waals surface area (Å²) in [5.74, 6) is -0.723. The molecule has 0 bridgehead atoms. The van der Waals surface area contributed by atoms with E-state index in [0.717, 1.165) is 12.8 Å². The normalized spacial score (nSPS) is 14.3. The maximum atomic E-state index is 13.0. The number of carbonyl (C=O) groups is 2. The van der Waals surface area contributed by atoms with Crippen LogP contribution in [0.2, 0.25) is 0 Å². The van der Waals surface area contributed by atoms with Crippen LogP contribution in [0.4, 0.5) is 5.69 Å². The number of amides is 1. The van der Waals surface area contributed by atoms with Crippen LogP contribution >= 0.6 is 0 Å². The summed E-state index contributed by atoms with van der Waals surface area (Å²) in [6.07, 6.45) is 1.62. The first-order valence-electron chi connectivity index (χ1n) is 9.63. The van der Waals surface area contributed by atoms with Gasteiger partial charge in [-0.1, -0.05) is 0 Å². The van der Waals surface area contributed by atoms with Crippen LogP contribution in [0, 0.1) is 0 Å². The van der Waals surface area contributed by atoms with Crippen molar-refractivity contribution < 1.29 is 27.5 Å². The zero-order valence-corrected chi connectivity index (χ0v) is 17.7. The number of nitrogens with one attached hydrogen (secondary N) is 1. The van der Waals surface area contributed by atoms with E-state index in [1.165, 1.54) is 29.6 Å². The highest BCUT2D eigenvalue weighted by Gasteiger charge is 2.30. The fraction of sp³-hybridized carbons (Fsp3) is 0.333. The molecule has 0 unspecified atom stereocenters. The highest BCUT2D eigenvalue weighted by atomic mass is 32.2. The molecule has 1 aliphatic heterocycles. The molecule has 1 heterocycles. The van der Waals surface area contributed by atoms with Crippen LogP contribution in [0.1, 0.15) is 40.5 Å². The third kappa shape index (κ3) is 4.63. The number of sulfonamides is 1. The monoisotopic (exact) mass is 432 g/mol. The van der Waals surface area contributed by atoms with E-state index in [-0.39, 0.29) is 22.8 Å². The van der Waals surface area contributed by atoms with Crippen LogP contribution < -0.4 is 10.1 Å². The van der Waals surface area contributed by atoms with Gasteiger partial charge < -0.3 is 14.8 Å². The van der Waals surface area contributed by atoms with Crippen molar-refractivity contribution in [3.8, 4) is 5.75 Å². The molecule has 160 valence electrons. The molecule has 0 radical (unpaired) electrons. The van der Waals surface area contributed by atoms with E-state index in [0.29, 0.717) is 24.3 Å². The second-order valence-electron chi connectivity index (χ2n) is 6.73. The Kier molecular flexibility index (Phi) is 6.73. The standard InChI is InChI=1S/C21H24N2O6S/c1-3-29-21(25)15-6-9-17(10-7-15)22-20(24)16-8-11-18(28-2)19(14-16)30(26,27)23-12-4-5-13-23/h6-11,14H,3-5,12-13H2,1-2H3,(H,22,24). The summed E-state index contributed by atoms with van der Waals surface area (Å²) >= 11 is 0. The van der Waals surface area contributed by atoms with Crippen LogP contribution in [0.5, 0.6) is 5.75 Å². The van der Waals surface area contributed by atoms with Crippen molar-refractivity contribution in [2.75, 3.05) is 32.1 Å². The van der Waals surface area contributed by atoms with Gasteiger partial charge in [0.1, 0.15) is 10.6 Å². The molecule has 1 aliphatic rings. The molecule has 0 aliphatic carbocycles. The van der Waals surface area contributed by atoms with Gasteiger partial charge in [-0.05, 0) is 62.2 Å². The Labute approximate surface area is 175 Å². The van der Waals surface area contributed by atoms with Crippen molar-refractivity contribution in [2.24, 2.45) is 0 Å². The van der Waals surface area contributed by atoms with Gasteiger partial charge in [-0.15, -0.1) is 0 Å². The van der Waals surface area contributed by atoms with Crippen molar-refractivity contribution in [1.82, 2.24) is 4.31 Å². The topological polar surface area (TPSA) is 102 Å². The van der Waals surface area contributed by atoms with E-state index in [9.17, 15) is 18.0 Å². The smallest absolute Gasteiger partial charge is 0.338 e. The van der Waals surface area contributed by atoms with Crippen molar-refractivity contribution in [1.29, 1.82) is 0 Å². The zero-order chi connectivity index (χ0) is 21.7. The number of hydrogen-bond donors (Lipinski definition) is 1. The van der Waals surface area contributed by atoms with Gasteiger partial charge >= 0.3 is 5.97 Å². The second-order valence-corrected chi connectivity index (χ2v) is 8.64. The Hall–Kier alpha value is -2.91. The lowest BCUT2D eigenvalue weighted by atomic mass is 10.1. The molecule has 0 aromatic heterocycles. The molecule has 30 heavy (non-hydrogen) atoms. The van der Waals surface area contributed by atoms with Gasteiger partial charge in [0.05, 0.1) is 19.3 Å². The van der Waals surface area contributed by atoms with Gasteiger partial charge in [0.2, 0.25) is 10.0 Å². The van der Waals surface area contributed by atoms with Crippen LogP contribution in [0.25, 0.3) is 0 Å². The lowest BCUT2D eigenvalue weighted by Crippen LogP contribution is -2.28. The first-order valence-corrected chi connectivity index (χ1v) is 11.1. The molecule has 0 saturated carbocycles.